The van der Waals surface area contributed by atoms with Crippen molar-refractivity contribution in [3.8, 4) is 5.75 Å². The lowest BCUT2D eigenvalue weighted by atomic mass is 10.0. The maximum Gasteiger partial charge on any atom is 0.416 e. The van der Waals surface area contributed by atoms with E-state index < -0.39 is 23.8 Å². The molecule has 0 fully saturated rings. The molecule has 1 atom stereocenters. The Morgan fingerprint density at radius 2 is 1.87 bits per heavy atom. The monoisotopic (exact) mass is 344 g/mol. The van der Waals surface area contributed by atoms with Crippen molar-refractivity contribution < 1.29 is 27.8 Å². The van der Waals surface area contributed by atoms with Crippen molar-refractivity contribution >= 4 is 17.6 Å². The molecule has 0 aliphatic rings. The van der Waals surface area contributed by atoms with Crippen molar-refractivity contribution in [2.75, 3.05) is 0 Å². The normalized spacial score (nSPS) is 12.7. The molecule has 0 aliphatic heterocycles. The average Bonchev–Trinajstić information content (AvgIpc) is 2.48. The standard InChI is InChI=1S/C16H12ClF3O3/c17-12-6-1-2-7-13(12)23-14(15(21)22)9-10-4-3-5-11(8-10)16(18,19)20/h1-8,14H,9H2,(H,21,22)/t14-/m0/s1. The van der Waals surface area contributed by atoms with Crippen molar-refractivity contribution in [1.82, 2.24) is 0 Å². The Bertz CT molecular complexity index is 701. The van der Waals surface area contributed by atoms with Gasteiger partial charge in [-0.15, -0.1) is 0 Å². The molecule has 23 heavy (non-hydrogen) atoms. The van der Waals surface area contributed by atoms with Crippen LogP contribution in [-0.2, 0) is 17.4 Å². The van der Waals surface area contributed by atoms with Gasteiger partial charge in [-0.25, -0.2) is 4.79 Å². The van der Waals surface area contributed by atoms with Crippen molar-refractivity contribution in [1.29, 1.82) is 0 Å². The van der Waals surface area contributed by atoms with E-state index in [1.54, 1.807) is 12.1 Å². The Kier molecular flexibility index (Phi) is 5.15. The fourth-order valence-corrected chi connectivity index (χ4v) is 2.14. The third kappa shape index (κ3) is 4.63. The van der Waals surface area contributed by atoms with Crippen molar-refractivity contribution in [2.45, 2.75) is 18.7 Å². The first-order chi connectivity index (χ1) is 10.8. The van der Waals surface area contributed by atoms with Crippen LogP contribution in [0.2, 0.25) is 5.02 Å². The minimum Gasteiger partial charge on any atom is -0.478 e. The van der Waals surface area contributed by atoms with E-state index in [-0.39, 0.29) is 22.8 Å². The number of carboxylic acids is 1. The maximum absolute atomic E-state index is 12.7. The number of rotatable bonds is 5. The number of para-hydroxylation sites is 1. The van der Waals surface area contributed by atoms with E-state index in [4.69, 9.17) is 16.3 Å². The molecule has 0 saturated carbocycles. The summed E-state index contributed by atoms with van der Waals surface area (Å²) in [5.74, 6) is -1.13. The van der Waals surface area contributed by atoms with Crippen molar-refractivity contribution in [3.63, 3.8) is 0 Å². The van der Waals surface area contributed by atoms with Gasteiger partial charge in [0.05, 0.1) is 10.6 Å². The van der Waals surface area contributed by atoms with Crippen LogP contribution in [0.4, 0.5) is 13.2 Å². The summed E-state index contributed by atoms with van der Waals surface area (Å²) >= 11 is 5.89. The van der Waals surface area contributed by atoms with Gasteiger partial charge in [0.2, 0.25) is 0 Å². The molecule has 0 saturated heterocycles. The van der Waals surface area contributed by atoms with E-state index in [2.05, 4.69) is 0 Å². The Hall–Kier alpha value is -2.21. The molecule has 1 N–H and O–H groups in total. The summed E-state index contributed by atoms with van der Waals surface area (Å²) in [5.41, 5.74) is -0.629. The van der Waals surface area contributed by atoms with Crippen LogP contribution in [0.25, 0.3) is 0 Å². The van der Waals surface area contributed by atoms with Gasteiger partial charge in [-0.05, 0) is 23.8 Å². The molecule has 0 bridgehead atoms. The van der Waals surface area contributed by atoms with Crippen LogP contribution in [0, 0.1) is 0 Å². The van der Waals surface area contributed by atoms with E-state index >= 15 is 0 Å². The summed E-state index contributed by atoms with van der Waals surface area (Å²) in [6.45, 7) is 0. The van der Waals surface area contributed by atoms with Gasteiger partial charge in [-0.2, -0.15) is 13.2 Å². The minimum absolute atomic E-state index is 0.161. The number of hydrogen-bond acceptors (Lipinski definition) is 2. The largest absolute Gasteiger partial charge is 0.478 e. The van der Waals surface area contributed by atoms with E-state index in [9.17, 15) is 23.1 Å². The Balaban J connectivity index is 2.21. The molecule has 3 nitrogen and oxygen atoms in total. The van der Waals surface area contributed by atoms with Gasteiger partial charge in [0, 0.05) is 6.42 Å². The van der Waals surface area contributed by atoms with Gasteiger partial charge in [-0.3, -0.25) is 0 Å². The van der Waals surface area contributed by atoms with E-state index in [1.807, 2.05) is 0 Å². The van der Waals surface area contributed by atoms with Gasteiger partial charge in [-0.1, -0.05) is 41.9 Å². The second-order valence-electron chi connectivity index (χ2n) is 4.78. The van der Waals surface area contributed by atoms with Gasteiger partial charge >= 0.3 is 12.1 Å². The predicted molar refractivity (Wildman–Crippen MR) is 78.7 cm³/mol. The first-order valence-electron chi connectivity index (χ1n) is 6.57. The summed E-state index contributed by atoms with van der Waals surface area (Å²) in [4.78, 5) is 11.3. The number of ether oxygens (including phenoxy) is 1. The Labute approximate surface area is 135 Å². The summed E-state index contributed by atoms with van der Waals surface area (Å²) in [5, 5.41) is 9.45. The molecular formula is C16H12ClF3O3. The van der Waals surface area contributed by atoms with Gasteiger partial charge < -0.3 is 9.84 Å². The van der Waals surface area contributed by atoms with Gasteiger partial charge in [0.1, 0.15) is 5.75 Å². The van der Waals surface area contributed by atoms with Crippen LogP contribution in [-0.4, -0.2) is 17.2 Å². The van der Waals surface area contributed by atoms with Crippen LogP contribution in [0.5, 0.6) is 5.75 Å². The van der Waals surface area contributed by atoms with E-state index in [0.29, 0.717) is 0 Å². The molecular weight excluding hydrogens is 333 g/mol. The van der Waals surface area contributed by atoms with Crippen LogP contribution in [0.3, 0.4) is 0 Å². The highest BCUT2D eigenvalue weighted by atomic mass is 35.5. The maximum atomic E-state index is 12.7. The number of hydrogen-bond donors (Lipinski definition) is 1. The van der Waals surface area contributed by atoms with E-state index in [1.165, 1.54) is 24.3 Å². The van der Waals surface area contributed by atoms with Crippen LogP contribution in [0.15, 0.2) is 48.5 Å². The zero-order valence-corrected chi connectivity index (χ0v) is 12.4. The highest BCUT2D eigenvalue weighted by Crippen LogP contribution is 2.30. The summed E-state index contributed by atoms with van der Waals surface area (Å²) < 4.78 is 43.4. The van der Waals surface area contributed by atoms with Crippen molar-refractivity contribution in [3.05, 3.63) is 64.7 Å². The molecule has 0 radical (unpaired) electrons. The molecule has 0 spiro atoms. The third-order valence-corrected chi connectivity index (χ3v) is 3.37. The smallest absolute Gasteiger partial charge is 0.416 e. The molecule has 2 aromatic carbocycles. The van der Waals surface area contributed by atoms with Crippen molar-refractivity contribution in [2.24, 2.45) is 0 Å². The molecule has 0 aliphatic carbocycles. The molecule has 7 heteroatoms. The predicted octanol–water partition coefficient (Wildman–Crippen LogP) is 4.43. The third-order valence-electron chi connectivity index (χ3n) is 3.06. The molecule has 0 amide bonds. The molecule has 0 aromatic heterocycles. The van der Waals surface area contributed by atoms with E-state index in [0.717, 1.165) is 12.1 Å². The summed E-state index contributed by atoms with van der Waals surface area (Å²) in [7, 11) is 0. The fourth-order valence-electron chi connectivity index (χ4n) is 1.96. The zero-order chi connectivity index (χ0) is 17.0. The quantitative estimate of drug-likeness (QED) is 0.872. The van der Waals surface area contributed by atoms with Crippen LogP contribution in [0.1, 0.15) is 11.1 Å². The van der Waals surface area contributed by atoms with Crippen LogP contribution >= 0.6 is 11.6 Å². The first-order valence-corrected chi connectivity index (χ1v) is 6.95. The first kappa shape index (κ1) is 17.1. The number of halogens is 4. The summed E-state index contributed by atoms with van der Waals surface area (Å²) in [6, 6.07) is 10.8. The Morgan fingerprint density at radius 1 is 1.17 bits per heavy atom. The summed E-state index contributed by atoms with van der Waals surface area (Å²) in [6.07, 6.45) is -6.05. The second kappa shape index (κ2) is 6.91. The SMILES string of the molecule is O=C(O)[C@H](Cc1cccc(C(F)(F)F)c1)Oc1ccccc1Cl. The highest BCUT2D eigenvalue weighted by Gasteiger charge is 2.31. The number of alkyl halides is 3. The highest BCUT2D eigenvalue weighted by molar-refractivity contribution is 6.32. The minimum atomic E-state index is -4.49. The number of benzene rings is 2. The lowest BCUT2D eigenvalue weighted by molar-refractivity contribution is -0.145. The average molecular weight is 345 g/mol. The fraction of sp³-hybridized carbons (Fsp3) is 0.188. The number of aliphatic carboxylic acids is 1. The zero-order valence-electron chi connectivity index (χ0n) is 11.7. The Morgan fingerprint density at radius 3 is 2.48 bits per heavy atom. The molecule has 2 aromatic rings. The molecule has 2 rings (SSSR count). The second-order valence-corrected chi connectivity index (χ2v) is 5.18. The lowest BCUT2D eigenvalue weighted by Gasteiger charge is -2.17. The molecule has 0 unspecified atom stereocenters. The number of carboxylic acid groups (broad SMARTS) is 1. The number of carbonyl (C=O) groups is 1. The van der Waals surface area contributed by atoms with Crippen LogP contribution < -0.4 is 4.74 Å². The van der Waals surface area contributed by atoms with Gasteiger partial charge in [0.25, 0.3) is 0 Å². The molecule has 0 heterocycles. The molecule has 122 valence electrons. The lowest BCUT2D eigenvalue weighted by Crippen LogP contribution is -2.29. The van der Waals surface area contributed by atoms with Gasteiger partial charge in [0.15, 0.2) is 6.10 Å². The topological polar surface area (TPSA) is 46.5 Å².